The molecule has 1 rings (SSSR count). The summed E-state index contributed by atoms with van der Waals surface area (Å²) in [4.78, 5) is 12.7. The predicted molar refractivity (Wildman–Crippen MR) is 76.1 cm³/mol. The van der Waals surface area contributed by atoms with Crippen molar-refractivity contribution in [1.82, 2.24) is 5.32 Å². The van der Waals surface area contributed by atoms with Gasteiger partial charge in [0.05, 0.1) is 11.0 Å². The number of nitrogens with zero attached hydrogens (tertiary/aromatic N) is 2. The fourth-order valence-electron chi connectivity index (χ4n) is 1.75. The normalized spacial score (nSPS) is 10.6. The molecule has 0 bridgehead atoms. The zero-order valence-corrected chi connectivity index (χ0v) is 11.8. The van der Waals surface area contributed by atoms with Crippen LogP contribution in [0, 0.1) is 10.1 Å². The van der Waals surface area contributed by atoms with Crippen molar-refractivity contribution in [2.45, 2.75) is 20.0 Å². The molecular weight excluding hydrogens is 246 g/mol. The SMILES string of the molecule is CNCCN(C)c1cccc(OC(C)C)c1[N+](=O)[O-]. The number of nitro groups is 1. The van der Waals surface area contributed by atoms with Crippen molar-refractivity contribution < 1.29 is 9.66 Å². The molecule has 0 aliphatic rings. The van der Waals surface area contributed by atoms with Gasteiger partial charge in [0.1, 0.15) is 5.69 Å². The molecule has 0 atom stereocenters. The minimum atomic E-state index is -0.386. The van der Waals surface area contributed by atoms with E-state index in [1.807, 2.05) is 32.8 Å². The summed E-state index contributed by atoms with van der Waals surface area (Å²) in [6, 6.07) is 5.14. The lowest BCUT2D eigenvalue weighted by atomic mass is 10.2. The molecule has 19 heavy (non-hydrogen) atoms. The standard InChI is InChI=1S/C13H21N3O3/c1-10(2)19-12-7-5-6-11(13(12)16(17)18)15(4)9-8-14-3/h5-7,10,14H,8-9H2,1-4H3. The molecule has 0 radical (unpaired) electrons. The van der Waals surface area contributed by atoms with Crippen LogP contribution < -0.4 is 15.0 Å². The molecule has 6 heteroatoms. The fraction of sp³-hybridized carbons (Fsp3) is 0.538. The van der Waals surface area contributed by atoms with Gasteiger partial charge in [0.15, 0.2) is 5.75 Å². The Kier molecular flexibility index (Phi) is 5.57. The Balaban J connectivity index is 3.12. The summed E-state index contributed by atoms with van der Waals surface area (Å²) >= 11 is 0. The van der Waals surface area contributed by atoms with E-state index in [9.17, 15) is 10.1 Å². The first kappa shape index (κ1) is 15.2. The second-order valence-corrected chi connectivity index (χ2v) is 4.57. The molecule has 0 heterocycles. The molecule has 0 aromatic heterocycles. The van der Waals surface area contributed by atoms with Gasteiger partial charge < -0.3 is 15.0 Å². The summed E-state index contributed by atoms with van der Waals surface area (Å²) < 4.78 is 5.52. The van der Waals surface area contributed by atoms with Gasteiger partial charge in [-0.3, -0.25) is 10.1 Å². The summed E-state index contributed by atoms with van der Waals surface area (Å²) in [6.45, 7) is 5.13. The summed E-state index contributed by atoms with van der Waals surface area (Å²) in [5, 5.41) is 14.3. The van der Waals surface area contributed by atoms with Crippen molar-refractivity contribution in [2.75, 3.05) is 32.1 Å². The van der Waals surface area contributed by atoms with Gasteiger partial charge in [-0.05, 0) is 33.0 Å². The number of nitro benzene ring substituents is 1. The van der Waals surface area contributed by atoms with Gasteiger partial charge in [-0.1, -0.05) is 6.07 Å². The number of hydrogen-bond acceptors (Lipinski definition) is 5. The topological polar surface area (TPSA) is 67.6 Å². The first-order valence-corrected chi connectivity index (χ1v) is 6.27. The van der Waals surface area contributed by atoms with E-state index in [0.29, 0.717) is 18.0 Å². The Morgan fingerprint density at radius 2 is 2.16 bits per heavy atom. The molecule has 0 amide bonds. The lowest BCUT2D eigenvalue weighted by Crippen LogP contribution is -2.27. The Morgan fingerprint density at radius 1 is 1.47 bits per heavy atom. The molecule has 0 aliphatic heterocycles. The minimum absolute atomic E-state index is 0.0230. The minimum Gasteiger partial charge on any atom is -0.484 e. The van der Waals surface area contributed by atoms with Crippen molar-refractivity contribution in [3.8, 4) is 5.75 Å². The van der Waals surface area contributed by atoms with Crippen LogP contribution >= 0.6 is 0 Å². The van der Waals surface area contributed by atoms with Gasteiger partial charge in [-0.2, -0.15) is 0 Å². The Bertz CT molecular complexity index is 435. The molecule has 1 aromatic rings. The summed E-state index contributed by atoms with van der Waals surface area (Å²) in [5.74, 6) is 0.314. The third-order valence-corrected chi connectivity index (χ3v) is 2.63. The predicted octanol–water partition coefficient (Wildman–Crippen LogP) is 2.04. The van der Waals surface area contributed by atoms with Crippen molar-refractivity contribution in [3.05, 3.63) is 28.3 Å². The number of ether oxygens (including phenoxy) is 1. The third kappa shape index (κ3) is 4.10. The smallest absolute Gasteiger partial charge is 0.333 e. The van der Waals surface area contributed by atoms with E-state index in [4.69, 9.17) is 4.74 Å². The van der Waals surface area contributed by atoms with E-state index in [1.54, 1.807) is 18.2 Å². The van der Waals surface area contributed by atoms with E-state index in [0.717, 1.165) is 6.54 Å². The van der Waals surface area contributed by atoms with Gasteiger partial charge in [0, 0.05) is 20.1 Å². The zero-order valence-electron chi connectivity index (χ0n) is 11.8. The largest absolute Gasteiger partial charge is 0.484 e. The lowest BCUT2D eigenvalue weighted by molar-refractivity contribution is -0.385. The van der Waals surface area contributed by atoms with E-state index in [2.05, 4.69) is 5.32 Å². The van der Waals surface area contributed by atoms with E-state index < -0.39 is 0 Å². The van der Waals surface area contributed by atoms with Crippen molar-refractivity contribution in [2.24, 2.45) is 0 Å². The zero-order chi connectivity index (χ0) is 14.4. The highest BCUT2D eigenvalue weighted by molar-refractivity contribution is 5.69. The van der Waals surface area contributed by atoms with Crippen molar-refractivity contribution >= 4 is 11.4 Å². The highest BCUT2D eigenvalue weighted by Crippen LogP contribution is 2.37. The number of rotatable bonds is 7. The van der Waals surface area contributed by atoms with Gasteiger partial charge >= 0.3 is 5.69 Å². The Morgan fingerprint density at radius 3 is 2.68 bits per heavy atom. The van der Waals surface area contributed by atoms with Gasteiger partial charge in [-0.15, -0.1) is 0 Å². The van der Waals surface area contributed by atoms with Crippen LogP contribution in [0.15, 0.2) is 18.2 Å². The first-order chi connectivity index (χ1) is 8.97. The number of anilines is 1. The number of benzene rings is 1. The Hall–Kier alpha value is -1.82. The summed E-state index contributed by atoms with van der Waals surface area (Å²) in [6.07, 6.45) is -0.100. The number of hydrogen-bond donors (Lipinski definition) is 1. The van der Waals surface area contributed by atoms with Crippen molar-refractivity contribution in [1.29, 1.82) is 0 Å². The van der Waals surface area contributed by atoms with Gasteiger partial charge in [-0.25, -0.2) is 0 Å². The molecule has 106 valence electrons. The Labute approximate surface area is 113 Å². The molecule has 0 saturated heterocycles. The van der Waals surface area contributed by atoms with Crippen LogP contribution in [0.25, 0.3) is 0 Å². The van der Waals surface area contributed by atoms with Crippen molar-refractivity contribution in [3.63, 3.8) is 0 Å². The van der Waals surface area contributed by atoms with Crippen LogP contribution in [0.2, 0.25) is 0 Å². The van der Waals surface area contributed by atoms with Crippen LogP contribution in [0.4, 0.5) is 11.4 Å². The number of nitrogens with one attached hydrogen (secondary N) is 1. The van der Waals surface area contributed by atoms with Crippen LogP contribution in [0.3, 0.4) is 0 Å². The molecule has 0 aliphatic carbocycles. The highest BCUT2D eigenvalue weighted by atomic mass is 16.6. The molecule has 0 unspecified atom stereocenters. The molecule has 1 N–H and O–H groups in total. The van der Waals surface area contributed by atoms with Gasteiger partial charge in [0.2, 0.25) is 0 Å². The van der Waals surface area contributed by atoms with Crippen LogP contribution in [0.1, 0.15) is 13.8 Å². The highest BCUT2D eigenvalue weighted by Gasteiger charge is 2.23. The molecule has 1 aromatic carbocycles. The maximum Gasteiger partial charge on any atom is 0.333 e. The van der Waals surface area contributed by atoms with Crippen LogP contribution in [0.5, 0.6) is 5.75 Å². The second-order valence-electron chi connectivity index (χ2n) is 4.57. The quantitative estimate of drug-likeness (QED) is 0.605. The third-order valence-electron chi connectivity index (χ3n) is 2.63. The average Bonchev–Trinajstić information content (AvgIpc) is 2.34. The lowest BCUT2D eigenvalue weighted by Gasteiger charge is -2.20. The van der Waals surface area contributed by atoms with Crippen LogP contribution in [-0.4, -0.2) is 38.2 Å². The molecular formula is C13H21N3O3. The van der Waals surface area contributed by atoms with Crippen LogP contribution in [-0.2, 0) is 0 Å². The fourth-order valence-corrected chi connectivity index (χ4v) is 1.75. The van der Waals surface area contributed by atoms with Gasteiger partial charge in [0.25, 0.3) is 0 Å². The maximum atomic E-state index is 11.3. The van der Waals surface area contributed by atoms with E-state index in [1.165, 1.54) is 0 Å². The summed E-state index contributed by atoms with van der Waals surface area (Å²) in [5.41, 5.74) is 0.591. The maximum absolute atomic E-state index is 11.3. The molecule has 6 nitrogen and oxygen atoms in total. The monoisotopic (exact) mass is 267 g/mol. The number of para-hydroxylation sites is 1. The summed E-state index contributed by atoms with van der Waals surface area (Å²) in [7, 11) is 3.68. The van der Waals surface area contributed by atoms with E-state index in [-0.39, 0.29) is 16.7 Å². The molecule has 0 spiro atoms. The number of likely N-dealkylation sites (N-methyl/N-ethyl adjacent to an activating group) is 2. The second kappa shape index (κ2) is 6.94. The average molecular weight is 267 g/mol. The first-order valence-electron chi connectivity index (χ1n) is 6.27. The molecule has 0 fully saturated rings. The molecule has 0 saturated carbocycles. The van der Waals surface area contributed by atoms with E-state index >= 15 is 0 Å².